The Morgan fingerprint density at radius 2 is 1.57 bits per heavy atom. The second kappa shape index (κ2) is 6.91. The van der Waals surface area contributed by atoms with E-state index in [1.54, 1.807) is 0 Å². The molecule has 2 aromatic carbocycles. The molecule has 142 valence electrons. The fourth-order valence-electron chi connectivity index (χ4n) is 4.63. The van der Waals surface area contributed by atoms with Crippen molar-refractivity contribution in [2.75, 3.05) is 19.6 Å². The highest BCUT2D eigenvalue weighted by Crippen LogP contribution is 2.34. The van der Waals surface area contributed by atoms with Crippen LogP contribution >= 0.6 is 0 Å². The lowest BCUT2D eigenvalue weighted by Gasteiger charge is -2.20. The molecule has 0 aliphatic carbocycles. The number of hydrogen-bond acceptors (Lipinski definition) is 3. The van der Waals surface area contributed by atoms with E-state index in [9.17, 15) is 9.59 Å². The first-order chi connectivity index (χ1) is 13.7. The molecular weight excluding hydrogens is 350 g/mol. The monoisotopic (exact) mass is 373 g/mol. The zero-order valence-corrected chi connectivity index (χ0v) is 15.7. The Kier molecular flexibility index (Phi) is 4.24. The quantitative estimate of drug-likeness (QED) is 0.700. The van der Waals surface area contributed by atoms with Crippen LogP contribution in [0.2, 0.25) is 0 Å². The number of nitrogens with one attached hydrogen (secondary N) is 1. The van der Waals surface area contributed by atoms with E-state index in [0.29, 0.717) is 19.6 Å². The van der Waals surface area contributed by atoms with Crippen LogP contribution in [0.5, 0.6) is 0 Å². The summed E-state index contributed by atoms with van der Waals surface area (Å²) in [5.74, 6) is -0.360. The minimum absolute atomic E-state index is 0.00681. The summed E-state index contributed by atoms with van der Waals surface area (Å²) in [5, 5.41) is 1.21. The molecule has 3 aromatic rings. The van der Waals surface area contributed by atoms with Crippen LogP contribution in [0.1, 0.15) is 11.1 Å². The smallest absolute Gasteiger partial charge is 0.234 e. The molecule has 0 spiro atoms. The maximum Gasteiger partial charge on any atom is 0.234 e. The number of likely N-dealkylation sites (tertiary alicyclic amines) is 2. The second-order valence-corrected chi connectivity index (χ2v) is 7.83. The van der Waals surface area contributed by atoms with Gasteiger partial charge in [0, 0.05) is 43.3 Å². The number of H-pyrrole nitrogens is 1. The van der Waals surface area contributed by atoms with Gasteiger partial charge in [0.1, 0.15) is 0 Å². The van der Waals surface area contributed by atoms with Crippen molar-refractivity contribution in [3.05, 3.63) is 71.9 Å². The highest BCUT2D eigenvalue weighted by atomic mass is 16.2. The van der Waals surface area contributed by atoms with E-state index in [0.717, 1.165) is 24.0 Å². The summed E-state index contributed by atoms with van der Waals surface area (Å²) in [7, 11) is 0. The number of hydrogen-bond donors (Lipinski definition) is 1. The second-order valence-electron chi connectivity index (χ2n) is 7.83. The van der Waals surface area contributed by atoms with Crippen LogP contribution in [0, 0.1) is 11.8 Å². The number of amides is 2. The van der Waals surface area contributed by atoms with Gasteiger partial charge in [0.2, 0.25) is 11.8 Å². The molecule has 2 amide bonds. The van der Waals surface area contributed by atoms with Crippen LogP contribution < -0.4 is 0 Å². The van der Waals surface area contributed by atoms with Gasteiger partial charge in [-0.25, -0.2) is 0 Å². The Labute approximate surface area is 163 Å². The van der Waals surface area contributed by atoms with Crippen molar-refractivity contribution in [1.82, 2.24) is 14.8 Å². The number of aromatic amines is 1. The van der Waals surface area contributed by atoms with Gasteiger partial charge < -0.3 is 4.98 Å². The van der Waals surface area contributed by atoms with Gasteiger partial charge in [-0.15, -0.1) is 0 Å². The van der Waals surface area contributed by atoms with E-state index in [4.69, 9.17) is 0 Å². The standard InChI is InChI=1S/C23H23N3O2/c27-22-19-14-25(13-17-12-24-21-9-5-4-8-18(17)21)15-20(19)23(28)26(22)11-10-16-6-2-1-3-7-16/h1-9,12,19-20,24H,10-11,13-15H2/t19-,20+. The van der Waals surface area contributed by atoms with Crippen LogP contribution in [0.15, 0.2) is 60.8 Å². The summed E-state index contributed by atoms with van der Waals surface area (Å²) in [6.45, 7) is 2.58. The Morgan fingerprint density at radius 3 is 2.32 bits per heavy atom. The molecule has 5 rings (SSSR count). The zero-order valence-electron chi connectivity index (χ0n) is 15.7. The van der Waals surface area contributed by atoms with Gasteiger partial charge in [-0.3, -0.25) is 19.4 Å². The number of para-hydroxylation sites is 1. The summed E-state index contributed by atoms with van der Waals surface area (Å²) in [6.07, 6.45) is 2.76. The summed E-state index contributed by atoms with van der Waals surface area (Å²) < 4.78 is 0. The molecular formula is C23H23N3O2. The van der Waals surface area contributed by atoms with E-state index >= 15 is 0 Å². The van der Waals surface area contributed by atoms with Gasteiger partial charge in [0.25, 0.3) is 0 Å². The van der Waals surface area contributed by atoms with Gasteiger partial charge >= 0.3 is 0 Å². The normalized spacial score (nSPS) is 22.4. The lowest BCUT2D eigenvalue weighted by Crippen LogP contribution is -2.37. The van der Waals surface area contributed by atoms with Crippen molar-refractivity contribution in [2.45, 2.75) is 13.0 Å². The molecule has 2 fully saturated rings. The number of imide groups is 1. The molecule has 5 nitrogen and oxygen atoms in total. The maximum atomic E-state index is 12.9. The predicted octanol–water partition coefficient (Wildman–Crippen LogP) is 2.83. The molecule has 1 aromatic heterocycles. The van der Waals surface area contributed by atoms with Crippen LogP contribution in [0.3, 0.4) is 0 Å². The molecule has 0 saturated carbocycles. The summed E-state index contributed by atoms with van der Waals surface area (Å²) >= 11 is 0. The first kappa shape index (κ1) is 17.2. The fraction of sp³-hybridized carbons (Fsp3) is 0.304. The minimum Gasteiger partial charge on any atom is -0.361 e. The predicted molar refractivity (Wildman–Crippen MR) is 107 cm³/mol. The molecule has 28 heavy (non-hydrogen) atoms. The summed E-state index contributed by atoms with van der Waals surface area (Å²) in [6, 6.07) is 18.3. The first-order valence-corrected chi connectivity index (χ1v) is 9.87. The van der Waals surface area contributed by atoms with E-state index in [-0.39, 0.29) is 23.7 Å². The Bertz CT molecular complexity index is 1000. The average molecular weight is 373 g/mol. The van der Waals surface area contributed by atoms with Gasteiger partial charge in [-0.05, 0) is 23.6 Å². The molecule has 2 aliphatic heterocycles. The fourth-order valence-corrected chi connectivity index (χ4v) is 4.63. The highest BCUT2D eigenvalue weighted by molar-refractivity contribution is 6.05. The molecule has 1 N–H and O–H groups in total. The number of fused-ring (bicyclic) bond motifs is 2. The largest absolute Gasteiger partial charge is 0.361 e. The van der Waals surface area contributed by atoms with Crippen LogP contribution in [-0.4, -0.2) is 46.2 Å². The van der Waals surface area contributed by atoms with E-state index in [1.165, 1.54) is 15.8 Å². The number of nitrogens with zero attached hydrogens (tertiary/aromatic N) is 2. The molecule has 2 atom stereocenters. The summed E-state index contributed by atoms with van der Waals surface area (Å²) in [4.78, 5) is 32.7. The van der Waals surface area contributed by atoms with Gasteiger partial charge in [0.05, 0.1) is 11.8 Å². The minimum atomic E-state index is -0.187. The number of rotatable bonds is 5. The van der Waals surface area contributed by atoms with E-state index < -0.39 is 0 Å². The maximum absolute atomic E-state index is 12.9. The molecule has 2 aliphatic rings. The molecule has 0 bridgehead atoms. The third-order valence-corrected chi connectivity index (χ3v) is 6.10. The van der Waals surface area contributed by atoms with Gasteiger partial charge in [0.15, 0.2) is 0 Å². The first-order valence-electron chi connectivity index (χ1n) is 9.87. The van der Waals surface area contributed by atoms with Crippen LogP contribution in [-0.2, 0) is 22.6 Å². The zero-order chi connectivity index (χ0) is 19.1. The molecule has 3 heterocycles. The lowest BCUT2D eigenvalue weighted by molar-refractivity contribution is -0.140. The Hall–Kier alpha value is -2.92. The number of aromatic nitrogens is 1. The molecule has 5 heteroatoms. The number of carbonyl (C=O) groups is 2. The van der Waals surface area contributed by atoms with E-state index in [1.807, 2.05) is 48.7 Å². The van der Waals surface area contributed by atoms with E-state index in [2.05, 4.69) is 22.0 Å². The van der Waals surface area contributed by atoms with Crippen LogP contribution in [0.4, 0.5) is 0 Å². The van der Waals surface area contributed by atoms with Crippen molar-refractivity contribution in [1.29, 1.82) is 0 Å². The van der Waals surface area contributed by atoms with Crippen LogP contribution in [0.25, 0.3) is 10.9 Å². The van der Waals surface area contributed by atoms with Crippen molar-refractivity contribution < 1.29 is 9.59 Å². The Balaban J connectivity index is 1.25. The molecule has 0 radical (unpaired) electrons. The van der Waals surface area contributed by atoms with Crippen molar-refractivity contribution in [2.24, 2.45) is 11.8 Å². The third-order valence-electron chi connectivity index (χ3n) is 6.10. The van der Waals surface area contributed by atoms with Gasteiger partial charge in [-0.1, -0.05) is 48.5 Å². The van der Waals surface area contributed by atoms with Gasteiger partial charge in [-0.2, -0.15) is 0 Å². The lowest BCUT2D eigenvalue weighted by atomic mass is 10.00. The van der Waals surface area contributed by atoms with Crippen molar-refractivity contribution >= 4 is 22.7 Å². The third kappa shape index (κ3) is 2.92. The number of carbonyl (C=O) groups excluding carboxylic acids is 2. The van der Waals surface area contributed by atoms with Crippen molar-refractivity contribution in [3.8, 4) is 0 Å². The summed E-state index contributed by atoms with van der Waals surface area (Å²) in [5.41, 5.74) is 3.49. The van der Waals surface area contributed by atoms with Crippen molar-refractivity contribution in [3.63, 3.8) is 0 Å². The highest BCUT2D eigenvalue weighted by Gasteiger charge is 2.51. The molecule has 0 unspecified atom stereocenters. The topological polar surface area (TPSA) is 56.4 Å². The molecule has 2 saturated heterocycles. The average Bonchev–Trinajstić information content (AvgIpc) is 3.38. The Morgan fingerprint density at radius 1 is 0.893 bits per heavy atom. The SMILES string of the molecule is O=C1[C@H]2CN(Cc3c[nH]c4ccccc34)C[C@H]2C(=O)N1CCc1ccccc1. The number of benzene rings is 2.